The summed E-state index contributed by atoms with van der Waals surface area (Å²) in [6.07, 6.45) is 6.64. The molecule has 0 aliphatic heterocycles. The smallest absolute Gasteiger partial charge is 0.220 e. The van der Waals surface area contributed by atoms with Gasteiger partial charge in [0, 0.05) is 13.0 Å². The number of carbonyl (C=O) groups is 1. The van der Waals surface area contributed by atoms with E-state index in [1.807, 2.05) is 0 Å². The van der Waals surface area contributed by atoms with Gasteiger partial charge in [0.1, 0.15) is 0 Å². The number of hydrogen-bond donors (Lipinski definition) is 2. The second-order valence-corrected chi connectivity index (χ2v) is 6.91. The molecule has 0 aromatic heterocycles. The third-order valence-corrected chi connectivity index (χ3v) is 4.03. The van der Waals surface area contributed by atoms with Crippen molar-refractivity contribution in [1.29, 1.82) is 0 Å². The van der Waals surface area contributed by atoms with Crippen LogP contribution in [0, 0.1) is 17.3 Å². The van der Waals surface area contributed by atoms with E-state index < -0.39 is 0 Å². The van der Waals surface area contributed by atoms with Gasteiger partial charge >= 0.3 is 0 Å². The van der Waals surface area contributed by atoms with Crippen LogP contribution in [0.25, 0.3) is 0 Å². The van der Waals surface area contributed by atoms with Gasteiger partial charge in [0.2, 0.25) is 5.91 Å². The zero-order chi connectivity index (χ0) is 13.6. The zero-order valence-corrected chi connectivity index (χ0v) is 12.3. The normalized spacial score (nSPS) is 24.9. The lowest BCUT2D eigenvalue weighted by Crippen LogP contribution is -2.37. The first-order valence-electron chi connectivity index (χ1n) is 7.39. The maximum atomic E-state index is 11.8. The number of rotatable bonds is 5. The Balaban J connectivity index is 2.24. The fraction of sp³-hybridized carbons (Fsp3) is 0.933. The van der Waals surface area contributed by atoms with Gasteiger partial charge in [-0.05, 0) is 43.1 Å². The summed E-state index contributed by atoms with van der Waals surface area (Å²) in [6, 6.07) is 0. The maximum absolute atomic E-state index is 11.8. The lowest BCUT2D eigenvalue weighted by molar-refractivity contribution is -0.121. The van der Waals surface area contributed by atoms with Crippen LogP contribution >= 0.6 is 0 Å². The van der Waals surface area contributed by atoms with Crippen molar-refractivity contribution >= 4 is 5.91 Å². The summed E-state index contributed by atoms with van der Waals surface area (Å²) in [6.45, 7) is 8.11. The van der Waals surface area contributed by atoms with E-state index in [-0.39, 0.29) is 11.3 Å². The highest BCUT2D eigenvalue weighted by Gasteiger charge is 2.24. The van der Waals surface area contributed by atoms with Crippen LogP contribution in [0.5, 0.6) is 0 Å². The van der Waals surface area contributed by atoms with Crippen LogP contribution in [0.3, 0.4) is 0 Å². The number of amides is 1. The Morgan fingerprint density at radius 1 is 1.22 bits per heavy atom. The molecule has 0 radical (unpaired) electrons. The minimum atomic E-state index is 0.200. The van der Waals surface area contributed by atoms with Gasteiger partial charge in [-0.25, -0.2) is 0 Å². The van der Waals surface area contributed by atoms with E-state index in [0.29, 0.717) is 18.3 Å². The van der Waals surface area contributed by atoms with E-state index in [2.05, 4.69) is 26.1 Å². The number of nitrogens with two attached hydrogens (primary N) is 1. The van der Waals surface area contributed by atoms with E-state index in [4.69, 9.17) is 5.73 Å². The molecular weight excluding hydrogens is 224 g/mol. The minimum absolute atomic E-state index is 0.200. The number of nitrogens with one attached hydrogen (secondary N) is 1. The second-order valence-electron chi connectivity index (χ2n) is 6.91. The van der Waals surface area contributed by atoms with E-state index in [9.17, 15) is 4.79 Å². The summed E-state index contributed by atoms with van der Waals surface area (Å²) in [5.74, 6) is 1.41. The molecule has 2 unspecified atom stereocenters. The van der Waals surface area contributed by atoms with E-state index >= 15 is 0 Å². The molecule has 1 aliphatic rings. The molecule has 18 heavy (non-hydrogen) atoms. The highest BCUT2D eigenvalue weighted by molar-refractivity contribution is 5.75. The van der Waals surface area contributed by atoms with Crippen molar-refractivity contribution in [2.24, 2.45) is 23.0 Å². The van der Waals surface area contributed by atoms with Crippen LogP contribution in [0.4, 0.5) is 0 Å². The second kappa shape index (κ2) is 7.13. The van der Waals surface area contributed by atoms with Gasteiger partial charge in [0.15, 0.2) is 0 Å². The Hall–Kier alpha value is -0.570. The van der Waals surface area contributed by atoms with Gasteiger partial charge in [-0.2, -0.15) is 0 Å². The van der Waals surface area contributed by atoms with Crippen molar-refractivity contribution in [1.82, 2.24) is 5.32 Å². The van der Waals surface area contributed by atoms with Crippen molar-refractivity contribution in [2.45, 2.75) is 59.3 Å². The fourth-order valence-corrected chi connectivity index (χ4v) is 2.69. The van der Waals surface area contributed by atoms with Crippen molar-refractivity contribution in [2.75, 3.05) is 13.1 Å². The Kier molecular flexibility index (Phi) is 6.13. The number of carbonyl (C=O) groups excluding carboxylic acids is 1. The first-order valence-corrected chi connectivity index (χ1v) is 7.39. The molecule has 3 N–H and O–H groups in total. The Bertz CT molecular complexity index is 258. The van der Waals surface area contributed by atoms with Crippen molar-refractivity contribution in [3.8, 4) is 0 Å². The third kappa shape index (κ3) is 5.85. The molecule has 3 heteroatoms. The highest BCUT2D eigenvalue weighted by Crippen LogP contribution is 2.28. The summed E-state index contributed by atoms with van der Waals surface area (Å²) < 4.78 is 0. The van der Waals surface area contributed by atoms with Gasteiger partial charge < -0.3 is 11.1 Å². The van der Waals surface area contributed by atoms with Gasteiger partial charge in [-0.15, -0.1) is 0 Å². The SMILES string of the molecule is CC(C)(C)CCC(=O)NCC1CCCCC1CN. The van der Waals surface area contributed by atoms with Crippen LogP contribution in [0.2, 0.25) is 0 Å². The molecule has 2 atom stereocenters. The monoisotopic (exact) mass is 254 g/mol. The van der Waals surface area contributed by atoms with Gasteiger partial charge in [0.05, 0.1) is 0 Å². The summed E-state index contributed by atoms with van der Waals surface area (Å²) in [4.78, 5) is 11.8. The molecule has 0 spiro atoms. The summed E-state index contributed by atoms with van der Waals surface area (Å²) in [7, 11) is 0. The topological polar surface area (TPSA) is 55.1 Å². The standard InChI is InChI=1S/C15H30N2O/c1-15(2,3)9-8-14(18)17-11-13-7-5-4-6-12(13)10-16/h12-13H,4-11,16H2,1-3H3,(H,17,18). The molecule has 0 bridgehead atoms. The lowest BCUT2D eigenvalue weighted by Gasteiger charge is -2.30. The zero-order valence-electron chi connectivity index (χ0n) is 12.3. The molecule has 0 aromatic carbocycles. The van der Waals surface area contributed by atoms with Crippen LogP contribution < -0.4 is 11.1 Å². The number of hydrogen-bond acceptors (Lipinski definition) is 2. The van der Waals surface area contributed by atoms with Crippen molar-refractivity contribution < 1.29 is 4.79 Å². The molecule has 0 heterocycles. The molecule has 1 amide bonds. The minimum Gasteiger partial charge on any atom is -0.356 e. The van der Waals surface area contributed by atoms with E-state index in [0.717, 1.165) is 19.5 Å². The fourth-order valence-electron chi connectivity index (χ4n) is 2.69. The van der Waals surface area contributed by atoms with Gasteiger partial charge in [-0.3, -0.25) is 4.79 Å². The molecule has 1 rings (SSSR count). The molecular formula is C15H30N2O. The van der Waals surface area contributed by atoms with Gasteiger partial charge in [0.25, 0.3) is 0 Å². The molecule has 106 valence electrons. The van der Waals surface area contributed by atoms with Crippen LogP contribution in [-0.4, -0.2) is 19.0 Å². The average molecular weight is 254 g/mol. The van der Waals surface area contributed by atoms with E-state index in [1.54, 1.807) is 0 Å². The maximum Gasteiger partial charge on any atom is 0.220 e. The lowest BCUT2D eigenvalue weighted by atomic mass is 9.79. The Labute approximate surface area is 112 Å². The molecule has 0 saturated heterocycles. The predicted octanol–water partition coefficient (Wildman–Crippen LogP) is 2.69. The molecule has 1 aliphatic carbocycles. The van der Waals surface area contributed by atoms with Crippen LogP contribution in [-0.2, 0) is 4.79 Å². The largest absolute Gasteiger partial charge is 0.356 e. The molecule has 1 fully saturated rings. The van der Waals surface area contributed by atoms with Crippen molar-refractivity contribution in [3.63, 3.8) is 0 Å². The Morgan fingerprint density at radius 2 is 1.83 bits per heavy atom. The van der Waals surface area contributed by atoms with Crippen molar-refractivity contribution in [3.05, 3.63) is 0 Å². The van der Waals surface area contributed by atoms with E-state index in [1.165, 1.54) is 25.7 Å². The molecule has 3 nitrogen and oxygen atoms in total. The summed E-state index contributed by atoms with van der Waals surface area (Å²) in [5, 5.41) is 3.09. The quantitative estimate of drug-likeness (QED) is 0.792. The first kappa shape index (κ1) is 15.5. The van der Waals surface area contributed by atoms with Crippen LogP contribution in [0.15, 0.2) is 0 Å². The third-order valence-electron chi connectivity index (χ3n) is 4.03. The first-order chi connectivity index (χ1) is 8.42. The average Bonchev–Trinajstić information content (AvgIpc) is 2.33. The van der Waals surface area contributed by atoms with Gasteiger partial charge in [-0.1, -0.05) is 33.6 Å². The van der Waals surface area contributed by atoms with Crippen LogP contribution in [0.1, 0.15) is 59.3 Å². The summed E-state index contributed by atoms with van der Waals surface area (Å²) >= 11 is 0. The summed E-state index contributed by atoms with van der Waals surface area (Å²) in [5.41, 5.74) is 6.04. The molecule has 0 aromatic rings. The predicted molar refractivity (Wildman–Crippen MR) is 76.2 cm³/mol. The molecule has 1 saturated carbocycles. The highest BCUT2D eigenvalue weighted by atomic mass is 16.1. The Morgan fingerprint density at radius 3 is 2.39 bits per heavy atom.